The van der Waals surface area contributed by atoms with Gasteiger partial charge in [0.25, 0.3) is 5.69 Å². The van der Waals surface area contributed by atoms with Crippen LogP contribution in [0.1, 0.15) is 5.56 Å². The Morgan fingerprint density at radius 2 is 1.96 bits per heavy atom. The number of hydrogen-bond donors (Lipinski definition) is 1. The van der Waals surface area contributed by atoms with Gasteiger partial charge in [0.1, 0.15) is 0 Å². The molecule has 2 aromatic rings. The molecule has 0 aliphatic rings. The van der Waals surface area contributed by atoms with Crippen molar-refractivity contribution in [3.63, 3.8) is 0 Å². The third kappa shape index (κ3) is 6.40. The molecule has 0 aromatic heterocycles. The van der Waals surface area contributed by atoms with Gasteiger partial charge in [0.2, 0.25) is 5.91 Å². The summed E-state index contributed by atoms with van der Waals surface area (Å²) >= 11 is 7.16. The number of carbonyl (C=O) groups is 1. The molecular weight excluding hydrogens is 362 g/mol. The van der Waals surface area contributed by atoms with Gasteiger partial charge in [-0.2, -0.15) is 5.10 Å². The number of thioether (sulfide) groups is 1. The molecule has 0 aliphatic heterocycles. The third-order valence-electron chi connectivity index (χ3n) is 2.94. The molecule has 8 heteroatoms. The standard InChI is InChI=1S/C17H14ClN3O3S/c18-14-7-9-15(10-8-14)25-12-17(22)20-19-11-3-5-13-4-1-2-6-16(13)21(23)24/h1-11H,12H2,(H,20,22)/b5-3+,19-11+. The summed E-state index contributed by atoms with van der Waals surface area (Å²) in [4.78, 5) is 23.0. The molecule has 0 bridgehead atoms. The molecule has 0 radical (unpaired) electrons. The molecule has 0 atom stereocenters. The van der Waals surface area contributed by atoms with Crippen molar-refractivity contribution in [3.8, 4) is 0 Å². The lowest BCUT2D eigenvalue weighted by Gasteiger charge is -2.00. The highest BCUT2D eigenvalue weighted by Gasteiger charge is 2.08. The quantitative estimate of drug-likeness (QED) is 0.341. The van der Waals surface area contributed by atoms with Crippen LogP contribution in [-0.4, -0.2) is 22.8 Å². The van der Waals surface area contributed by atoms with E-state index in [9.17, 15) is 14.9 Å². The zero-order valence-electron chi connectivity index (χ0n) is 13.0. The number of nitrogens with zero attached hydrogens (tertiary/aromatic N) is 2. The number of amides is 1. The highest BCUT2D eigenvalue weighted by Crippen LogP contribution is 2.20. The van der Waals surface area contributed by atoms with Crippen molar-refractivity contribution >= 4 is 47.2 Å². The van der Waals surface area contributed by atoms with E-state index in [1.165, 1.54) is 30.1 Å². The Labute approximate surface area is 153 Å². The molecule has 0 heterocycles. The molecule has 25 heavy (non-hydrogen) atoms. The smallest absolute Gasteiger partial charge is 0.272 e. The van der Waals surface area contributed by atoms with Crippen LogP contribution in [-0.2, 0) is 4.79 Å². The lowest BCUT2D eigenvalue weighted by atomic mass is 10.2. The maximum atomic E-state index is 11.7. The molecule has 0 spiro atoms. The summed E-state index contributed by atoms with van der Waals surface area (Å²) < 4.78 is 0. The van der Waals surface area contributed by atoms with Gasteiger partial charge in [-0.1, -0.05) is 23.7 Å². The first-order valence-electron chi connectivity index (χ1n) is 7.16. The first-order chi connectivity index (χ1) is 12.1. The van der Waals surface area contributed by atoms with E-state index in [0.717, 1.165) is 4.90 Å². The Hall–Kier alpha value is -2.64. The number of halogens is 1. The number of nitro benzene ring substituents is 1. The second-order valence-electron chi connectivity index (χ2n) is 4.73. The summed E-state index contributed by atoms with van der Waals surface area (Å²) in [5.74, 6) is -0.0392. The summed E-state index contributed by atoms with van der Waals surface area (Å²) in [6.45, 7) is 0. The van der Waals surface area contributed by atoms with Crippen molar-refractivity contribution in [1.82, 2.24) is 5.43 Å². The number of rotatable bonds is 7. The highest BCUT2D eigenvalue weighted by molar-refractivity contribution is 8.00. The van der Waals surface area contributed by atoms with Crippen molar-refractivity contribution in [2.24, 2.45) is 5.10 Å². The maximum absolute atomic E-state index is 11.7. The summed E-state index contributed by atoms with van der Waals surface area (Å²) in [6, 6.07) is 13.5. The summed E-state index contributed by atoms with van der Waals surface area (Å²) in [6.07, 6.45) is 4.44. The highest BCUT2D eigenvalue weighted by atomic mass is 35.5. The molecule has 128 valence electrons. The molecule has 0 fully saturated rings. The molecule has 2 aromatic carbocycles. The molecule has 2 rings (SSSR count). The summed E-state index contributed by atoms with van der Waals surface area (Å²) in [7, 11) is 0. The van der Waals surface area contributed by atoms with Gasteiger partial charge in [-0.15, -0.1) is 11.8 Å². The molecule has 6 nitrogen and oxygen atoms in total. The number of nitrogens with one attached hydrogen (secondary N) is 1. The van der Waals surface area contributed by atoms with E-state index in [1.807, 2.05) is 12.1 Å². The van der Waals surface area contributed by atoms with Crippen LogP contribution in [0, 0.1) is 10.1 Å². The van der Waals surface area contributed by atoms with Crippen LogP contribution < -0.4 is 5.43 Å². The molecule has 0 saturated carbocycles. The second-order valence-corrected chi connectivity index (χ2v) is 6.22. The topological polar surface area (TPSA) is 84.6 Å². The van der Waals surface area contributed by atoms with Crippen molar-refractivity contribution in [2.45, 2.75) is 4.90 Å². The predicted molar refractivity (Wildman–Crippen MR) is 101 cm³/mol. The number of allylic oxidation sites excluding steroid dienone is 1. The Morgan fingerprint density at radius 1 is 1.24 bits per heavy atom. The second kappa shape index (κ2) is 9.61. The van der Waals surface area contributed by atoms with Crippen LogP contribution in [0.3, 0.4) is 0 Å². The Kier molecular flexibility index (Phi) is 7.18. The Bertz CT molecular complexity index is 807. The van der Waals surface area contributed by atoms with E-state index < -0.39 is 4.92 Å². The lowest BCUT2D eigenvalue weighted by molar-refractivity contribution is -0.385. The van der Waals surface area contributed by atoms with Crippen LogP contribution in [0.25, 0.3) is 6.08 Å². The number of carbonyl (C=O) groups excluding carboxylic acids is 1. The molecule has 0 unspecified atom stereocenters. The van der Waals surface area contributed by atoms with Gasteiger partial charge in [0.05, 0.1) is 16.2 Å². The minimum absolute atomic E-state index is 0.00977. The molecule has 1 amide bonds. The van der Waals surface area contributed by atoms with Crippen LogP contribution in [0.15, 0.2) is 64.6 Å². The maximum Gasteiger partial charge on any atom is 0.276 e. The number of nitro groups is 1. The van der Waals surface area contributed by atoms with Crippen LogP contribution in [0.4, 0.5) is 5.69 Å². The number of para-hydroxylation sites is 1. The van der Waals surface area contributed by atoms with E-state index in [2.05, 4.69) is 10.5 Å². The molecule has 0 aliphatic carbocycles. The fraction of sp³-hybridized carbons (Fsp3) is 0.0588. The van der Waals surface area contributed by atoms with Gasteiger partial charge in [0.15, 0.2) is 0 Å². The average molecular weight is 376 g/mol. The van der Waals surface area contributed by atoms with Gasteiger partial charge in [-0.3, -0.25) is 14.9 Å². The fourth-order valence-electron chi connectivity index (χ4n) is 1.81. The summed E-state index contributed by atoms with van der Waals surface area (Å²) in [5.41, 5.74) is 2.86. The predicted octanol–water partition coefficient (Wildman–Crippen LogP) is 4.16. The van der Waals surface area contributed by atoms with Crippen molar-refractivity contribution < 1.29 is 9.72 Å². The van der Waals surface area contributed by atoms with E-state index >= 15 is 0 Å². The monoisotopic (exact) mass is 375 g/mol. The van der Waals surface area contributed by atoms with Crippen LogP contribution in [0.2, 0.25) is 5.02 Å². The third-order valence-corrected chi connectivity index (χ3v) is 4.21. The van der Waals surface area contributed by atoms with E-state index in [4.69, 9.17) is 11.6 Å². The Morgan fingerprint density at radius 3 is 2.68 bits per heavy atom. The van der Waals surface area contributed by atoms with E-state index in [1.54, 1.807) is 36.4 Å². The van der Waals surface area contributed by atoms with Crippen molar-refractivity contribution in [3.05, 3.63) is 75.3 Å². The van der Waals surface area contributed by atoms with Gasteiger partial charge in [0, 0.05) is 22.2 Å². The van der Waals surface area contributed by atoms with Gasteiger partial charge in [-0.25, -0.2) is 5.43 Å². The minimum atomic E-state index is -0.452. The van der Waals surface area contributed by atoms with Crippen molar-refractivity contribution in [2.75, 3.05) is 5.75 Å². The number of benzene rings is 2. The molecule has 1 N–H and O–H groups in total. The largest absolute Gasteiger partial charge is 0.276 e. The SMILES string of the molecule is O=C(CSc1ccc(Cl)cc1)N/N=C/C=C/c1ccccc1[N+](=O)[O-]. The van der Waals surface area contributed by atoms with Crippen LogP contribution >= 0.6 is 23.4 Å². The van der Waals surface area contributed by atoms with Crippen molar-refractivity contribution in [1.29, 1.82) is 0 Å². The zero-order chi connectivity index (χ0) is 18.1. The molecule has 0 saturated heterocycles. The minimum Gasteiger partial charge on any atom is -0.272 e. The first-order valence-corrected chi connectivity index (χ1v) is 8.53. The van der Waals surface area contributed by atoms with E-state index in [-0.39, 0.29) is 17.3 Å². The first kappa shape index (κ1) is 18.7. The van der Waals surface area contributed by atoms with Gasteiger partial charge in [-0.05, 0) is 42.5 Å². The Balaban J connectivity index is 1.80. The zero-order valence-corrected chi connectivity index (χ0v) is 14.5. The summed E-state index contributed by atoms with van der Waals surface area (Å²) in [5, 5.41) is 15.3. The van der Waals surface area contributed by atoms with Gasteiger partial charge < -0.3 is 0 Å². The molecular formula is C17H14ClN3O3S. The fourth-order valence-corrected chi connectivity index (χ4v) is 2.62. The lowest BCUT2D eigenvalue weighted by Crippen LogP contribution is -2.19. The number of hydrazone groups is 1. The number of hydrogen-bond acceptors (Lipinski definition) is 5. The van der Waals surface area contributed by atoms with E-state index in [0.29, 0.717) is 10.6 Å². The van der Waals surface area contributed by atoms with Crippen LogP contribution in [0.5, 0.6) is 0 Å². The normalized spacial score (nSPS) is 11.1. The average Bonchev–Trinajstić information content (AvgIpc) is 2.61. The van der Waals surface area contributed by atoms with Gasteiger partial charge >= 0.3 is 0 Å².